The maximum absolute atomic E-state index is 11.7. The van der Waals surface area contributed by atoms with Crippen LogP contribution in [0.3, 0.4) is 0 Å². The Hall–Kier alpha value is -1.36. The molecule has 0 aliphatic heterocycles. The number of benzene rings is 1. The lowest BCUT2D eigenvalue weighted by molar-refractivity contribution is -0.115. The zero-order valence-electron chi connectivity index (χ0n) is 10.6. The highest BCUT2D eigenvalue weighted by atomic mass is 35.5. The number of anilines is 1. The molecule has 0 spiro atoms. The van der Waals surface area contributed by atoms with Gasteiger partial charge in [0.1, 0.15) is 0 Å². The SMILES string of the molecule is Cc1ccsc1CNCC(=O)Nc1ccccc1Cl. The molecule has 0 atom stereocenters. The van der Waals surface area contributed by atoms with Crippen LogP contribution in [0.5, 0.6) is 0 Å². The summed E-state index contributed by atoms with van der Waals surface area (Å²) in [6, 6.07) is 9.27. The zero-order valence-corrected chi connectivity index (χ0v) is 12.1. The molecule has 1 aromatic heterocycles. The quantitative estimate of drug-likeness (QED) is 0.887. The van der Waals surface area contributed by atoms with E-state index in [0.29, 0.717) is 17.3 Å². The minimum atomic E-state index is -0.0951. The Bertz CT molecular complexity index is 568. The van der Waals surface area contributed by atoms with Gasteiger partial charge in [-0.15, -0.1) is 11.3 Å². The molecule has 0 radical (unpaired) electrons. The normalized spacial score (nSPS) is 10.4. The highest BCUT2D eigenvalue weighted by molar-refractivity contribution is 7.10. The molecular weight excluding hydrogens is 280 g/mol. The molecule has 2 aromatic rings. The lowest BCUT2D eigenvalue weighted by atomic mass is 10.3. The molecule has 5 heteroatoms. The maximum Gasteiger partial charge on any atom is 0.238 e. The molecule has 0 saturated heterocycles. The number of carbonyl (C=O) groups excluding carboxylic acids is 1. The Morgan fingerprint density at radius 3 is 2.79 bits per heavy atom. The number of rotatable bonds is 5. The van der Waals surface area contributed by atoms with Gasteiger partial charge in [0.2, 0.25) is 5.91 Å². The molecule has 1 amide bonds. The van der Waals surface area contributed by atoms with Crippen LogP contribution in [-0.2, 0) is 11.3 Å². The third kappa shape index (κ3) is 4.06. The van der Waals surface area contributed by atoms with Crippen molar-refractivity contribution in [1.29, 1.82) is 0 Å². The van der Waals surface area contributed by atoms with Gasteiger partial charge < -0.3 is 10.6 Å². The number of aryl methyl sites for hydroxylation is 1. The summed E-state index contributed by atoms with van der Waals surface area (Å²) in [6.07, 6.45) is 0. The van der Waals surface area contributed by atoms with Crippen LogP contribution < -0.4 is 10.6 Å². The molecule has 1 heterocycles. The van der Waals surface area contributed by atoms with E-state index >= 15 is 0 Å². The Morgan fingerprint density at radius 1 is 1.32 bits per heavy atom. The van der Waals surface area contributed by atoms with Crippen LogP contribution in [0, 0.1) is 6.92 Å². The summed E-state index contributed by atoms with van der Waals surface area (Å²) >= 11 is 7.66. The number of thiophene rings is 1. The number of hydrogen-bond donors (Lipinski definition) is 2. The first-order chi connectivity index (χ1) is 9.16. The molecule has 0 unspecified atom stereocenters. The monoisotopic (exact) mass is 294 g/mol. The molecule has 0 aliphatic rings. The maximum atomic E-state index is 11.7. The van der Waals surface area contributed by atoms with Gasteiger partial charge >= 0.3 is 0 Å². The van der Waals surface area contributed by atoms with Gasteiger partial charge in [-0.3, -0.25) is 4.79 Å². The molecule has 2 N–H and O–H groups in total. The predicted molar refractivity (Wildman–Crippen MR) is 80.8 cm³/mol. The summed E-state index contributed by atoms with van der Waals surface area (Å²) in [5.74, 6) is -0.0951. The molecule has 0 bridgehead atoms. The highest BCUT2D eigenvalue weighted by Gasteiger charge is 2.05. The number of para-hydroxylation sites is 1. The molecule has 3 nitrogen and oxygen atoms in total. The fraction of sp³-hybridized carbons (Fsp3) is 0.214. The van der Waals surface area contributed by atoms with Crippen molar-refractivity contribution in [3.63, 3.8) is 0 Å². The first kappa shape index (κ1) is 14.1. The van der Waals surface area contributed by atoms with Gasteiger partial charge in [-0.2, -0.15) is 0 Å². The summed E-state index contributed by atoms with van der Waals surface area (Å²) < 4.78 is 0. The van der Waals surface area contributed by atoms with Crippen LogP contribution >= 0.6 is 22.9 Å². The minimum Gasteiger partial charge on any atom is -0.324 e. The first-order valence-electron chi connectivity index (χ1n) is 5.95. The van der Waals surface area contributed by atoms with Gasteiger partial charge in [0.25, 0.3) is 0 Å². The molecule has 2 rings (SSSR count). The summed E-state index contributed by atoms with van der Waals surface area (Å²) in [4.78, 5) is 13.0. The van der Waals surface area contributed by atoms with E-state index in [-0.39, 0.29) is 12.5 Å². The van der Waals surface area contributed by atoms with Crippen LogP contribution in [-0.4, -0.2) is 12.5 Å². The number of hydrogen-bond acceptors (Lipinski definition) is 3. The Balaban J connectivity index is 1.79. The molecule has 1 aromatic carbocycles. The van der Waals surface area contributed by atoms with E-state index in [2.05, 4.69) is 29.0 Å². The van der Waals surface area contributed by atoms with E-state index in [9.17, 15) is 4.79 Å². The van der Waals surface area contributed by atoms with Gasteiger partial charge in [-0.1, -0.05) is 23.7 Å². The molecule has 0 fully saturated rings. The second-order valence-electron chi connectivity index (χ2n) is 4.16. The van der Waals surface area contributed by atoms with Crippen molar-refractivity contribution in [3.8, 4) is 0 Å². The second-order valence-corrected chi connectivity index (χ2v) is 5.57. The van der Waals surface area contributed by atoms with Crippen molar-refractivity contribution >= 4 is 34.5 Å². The third-order valence-electron chi connectivity index (χ3n) is 2.69. The molecule has 0 saturated carbocycles. The van der Waals surface area contributed by atoms with Crippen LogP contribution in [0.25, 0.3) is 0 Å². The van der Waals surface area contributed by atoms with Gasteiger partial charge in [0.15, 0.2) is 0 Å². The Labute approximate surface area is 121 Å². The van der Waals surface area contributed by atoms with Gasteiger partial charge in [-0.25, -0.2) is 0 Å². The number of amides is 1. The molecule has 19 heavy (non-hydrogen) atoms. The van der Waals surface area contributed by atoms with E-state index in [1.165, 1.54) is 10.4 Å². The van der Waals surface area contributed by atoms with Gasteiger partial charge in [-0.05, 0) is 36.1 Å². The first-order valence-corrected chi connectivity index (χ1v) is 7.20. The lowest BCUT2D eigenvalue weighted by Crippen LogP contribution is -2.27. The van der Waals surface area contributed by atoms with Crippen LogP contribution in [0.2, 0.25) is 5.02 Å². The molecule has 100 valence electrons. The third-order valence-corrected chi connectivity index (χ3v) is 4.04. The van der Waals surface area contributed by atoms with Crippen LogP contribution in [0.4, 0.5) is 5.69 Å². The zero-order chi connectivity index (χ0) is 13.7. The number of halogens is 1. The summed E-state index contributed by atoms with van der Waals surface area (Å²) in [5.41, 5.74) is 1.90. The Morgan fingerprint density at radius 2 is 2.11 bits per heavy atom. The van der Waals surface area contributed by atoms with Crippen LogP contribution in [0.15, 0.2) is 35.7 Å². The smallest absolute Gasteiger partial charge is 0.238 e. The summed E-state index contributed by atoms with van der Waals surface area (Å²) in [7, 11) is 0. The standard InChI is InChI=1S/C14H15ClN2OS/c1-10-6-7-19-13(10)8-16-9-14(18)17-12-5-3-2-4-11(12)15/h2-7,16H,8-9H2,1H3,(H,17,18). The summed E-state index contributed by atoms with van der Waals surface area (Å²) in [6.45, 7) is 3.04. The molecule has 0 aliphatic carbocycles. The van der Waals surface area contributed by atoms with Crippen molar-refractivity contribution in [1.82, 2.24) is 5.32 Å². The highest BCUT2D eigenvalue weighted by Crippen LogP contribution is 2.20. The topological polar surface area (TPSA) is 41.1 Å². The van der Waals surface area contributed by atoms with E-state index in [1.807, 2.05) is 12.1 Å². The number of nitrogens with one attached hydrogen (secondary N) is 2. The van der Waals surface area contributed by atoms with Crippen molar-refractivity contribution < 1.29 is 4.79 Å². The van der Waals surface area contributed by atoms with Crippen molar-refractivity contribution in [2.75, 3.05) is 11.9 Å². The second kappa shape index (κ2) is 6.70. The fourth-order valence-corrected chi connectivity index (χ4v) is 2.69. The van der Waals surface area contributed by atoms with Gasteiger partial charge in [0.05, 0.1) is 17.3 Å². The van der Waals surface area contributed by atoms with Crippen LogP contribution in [0.1, 0.15) is 10.4 Å². The van der Waals surface area contributed by atoms with E-state index < -0.39 is 0 Å². The van der Waals surface area contributed by atoms with Crippen molar-refractivity contribution in [3.05, 3.63) is 51.2 Å². The minimum absolute atomic E-state index is 0.0951. The fourth-order valence-electron chi connectivity index (χ4n) is 1.63. The van der Waals surface area contributed by atoms with Crippen molar-refractivity contribution in [2.24, 2.45) is 0 Å². The average Bonchev–Trinajstić information content (AvgIpc) is 2.78. The lowest BCUT2D eigenvalue weighted by Gasteiger charge is -2.07. The van der Waals surface area contributed by atoms with E-state index in [1.54, 1.807) is 23.5 Å². The van der Waals surface area contributed by atoms with Crippen molar-refractivity contribution in [2.45, 2.75) is 13.5 Å². The largest absolute Gasteiger partial charge is 0.324 e. The van der Waals surface area contributed by atoms with Gasteiger partial charge in [0, 0.05) is 11.4 Å². The molecular formula is C14H15ClN2OS. The average molecular weight is 295 g/mol. The summed E-state index contributed by atoms with van der Waals surface area (Å²) in [5, 5.41) is 8.50. The Kier molecular flexibility index (Phi) is 4.96. The number of carbonyl (C=O) groups is 1. The van der Waals surface area contributed by atoms with E-state index in [4.69, 9.17) is 11.6 Å². The predicted octanol–water partition coefficient (Wildman–Crippen LogP) is 3.44. The van der Waals surface area contributed by atoms with E-state index in [0.717, 1.165) is 0 Å².